The summed E-state index contributed by atoms with van der Waals surface area (Å²) in [5.74, 6) is -0.801. The Labute approximate surface area is 324 Å². The fourth-order valence-electron chi connectivity index (χ4n) is 7.59. The predicted molar refractivity (Wildman–Crippen MR) is 213 cm³/mol. The van der Waals surface area contributed by atoms with Crippen LogP contribution in [0.25, 0.3) is 11.1 Å². The van der Waals surface area contributed by atoms with E-state index < -0.39 is 23.8 Å². The number of ketones is 1. The number of fused-ring (bicyclic) bond motifs is 3. The van der Waals surface area contributed by atoms with E-state index in [0.29, 0.717) is 19.4 Å². The van der Waals surface area contributed by atoms with Crippen molar-refractivity contribution in [2.24, 2.45) is 0 Å². The van der Waals surface area contributed by atoms with E-state index >= 15 is 0 Å². The fourth-order valence-corrected chi connectivity index (χ4v) is 7.59. The zero-order valence-electron chi connectivity index (χ0n) is 32.3. The maximum Gasteiger partial charge on any atom is 0.411 e. The molecule has 10 nitrogen and oxygen atoms in total. The van der Waals surface area contributed by atoms with Gasteiger partial charge in [-0.15, -0.1) is 0 Å². The van der Waals surface area contributed by atoms with Crippen LogP contribution in [0.15, 0.2) is 109 Å². The van der Waals surface area contributed by atoms with Crippen LogP contribution in [-0.2, 0) is 19.1 Å². The largest absolute Gasteiger partial charge is 0.448 e. The van der Waals surface area contributed by atoms with Gasteiger partial charge in [-0.2, -0.15) is 0 Å². The molecule has 1 aliphatic heterocycles. The van der Waals surface area contributed by atoms with E-state index in [2.05, 4.69) is 29.6 Å². The summed E-state index contributed by atoms with van der Waals surface area (Å²) in [5.41, 5.74) is 5.85. The molecule has 0 radical (unpaired) electrons. The molecule has 1 N–H and O–H groups in total. The molecule has 10 heteroatoms. The maximum atomic E-state index is 15.0. The standard InChI is InChI=1S/C45H52N4O6/c1-45(2,3)55-43(52)46-28-34(50)25-27-48(29-39(32-16-7-5-8-17-32)33-18-9-6-10-19-33)42(51)41-24-15-26-47(4)31-49(41)44(53)54-30-40-37-22-13-11-20-35(37)36-21-12-14-23-38(36)40/h5-14,16-23,39-41H,15,24-31H2,1-4H3,(H,46,52). The number of alkyl carbamates (subject to hydrolysis) is 1. The van der Waals surface area contributed by atoms with Gasteiger partial charge in [-0.05, 0) is 80.6 Å². The highest BCUT2D eigenvalue weighted by molar-refractivity contribution is 5.88. The first-order chi connectivity index (χ1) is 26.5. The Morgan fingerprint density at radius 3 is 1.96 bits per heavy atom. The second kappa shape index (κ2) is 17.8. The van der Waals surface area contributed by atoms with E-state index in [0.717, 1.165) is 33.4 Å². The normalized spacial score (nSPS) is 15.8. The van der Waals surface area contributed by atoms with Crippen LogP contribution in [0, 0.1) is 0 Å². The van der Waals surface area contributed by atoms with Crippen LogP contribution in [0.2, 0.25) is 0 Å². The van der Waals surface area contributed by atoms with Crippen molar-refractivity contribution >= 4 is 23.9 Å². The number of carbonyl (C=O) groups is 4. The third-order valence-corrected chi connectivity index (χ3v) is 10.3. The Hall–Kier alpha value is -5.48. The highest BCUT2D eigenvalue weighted by Gasteiger charge is 2.38. The molecule has 1 unspecified atom stereocenters. The first-order valence-electron chi connectivity index (χ1n) is 19.2. The van der Waals surface area contributed by atoms with E-state index in [-0.39, 0.29) is 62.9 Å². The first kappa shape index (κ1) is 39.2. The van der Waals surface area contributed by atoms with E-state index in [1.807, 2.05) is 96.9 Å². The monoisotopic (exact) mass is 744 g/mol. The van der Waals surface area contributed by atoms with Gasteiger partial charge < -0.3 is 19.7 Å². The molecule has 3 amide bonds. The molecule has 1 aliphatic carbocycles. The highest BCUT2D eigenvalue weighted by atomic mass is 16.6. The molecule has 1 fully saturated rings. The molecule has 2 aliphatic rings. The van der Waals surface area contributed by atoms with Crippen LogP contribution < -0.4 is 5.32 Å². The van der Waals surface area contributed by atoms with Gasteiger partial charge in [0.15, 0.2) is 5.78 Å². The summed E-state index contributed by atoms with van der Waals surface area (Å²) in [7, 11) is 1.94. The minimum absolute atomic E-state index is 0.00933. The number of Topliss-reactive ketones (excluding diaryl/α,β-unsaturated/α-hetero) is 1. The molecule has 4 aromatic rings. The second-order valence-electron chi connectivity index (χ2n) is 15.5. The highest BCUT2D eigenvalue weighted by Crippen LogP contribution is 2.44. The molecular formula is C45H52N4O6. The topological polar surface area (TPSA) is 108 Å². The van der Waals surface area contributed by atoms with Crippen LogP contribution in [0.3, 0.4) is 0 Å². The van der Waals surface area contributed by atoms with Gasteiger partial charge in [0.25, 0.3) is 0 Å². The van der Waals surface area contributed by atoms with Crippen molar-refractivity contribution in [1.29, 1.82) is 0 Å². The third kappa shape index (κ3) is 9.99. The van der Waals surface area contributed by atoms with E-state index in [1.165, 1.54) is 0 Å². The number of rotatable bonds is 12. The van der Waals surface area contributed by atoms with Gasteiger partial charge in [0.1, 0.15) is 18.2 Å². The Morgan fingerprint density at radius 1 is 0.818 bits per heavy atom. The van der Waals surface area contributed by atoms with Crippen molar-refractivity contribution in [3.63, 3.8) is 0 Å². The fraction of sp³-hybridized carbons (Fsp3) is 0.378. The van der Waals surface area contributed by atoms with Gasteiger partial charge in [-0.25, -0.2) is 9.59 Å². The lowest BCUT2D eigenvalue weighted by atomic mass is 9.90. The van der Waals surface area contributed by atoms with Crippen molar-refractivity contribution in [2.75, 3.05) is 46.5 Å². The first-order valence-corrected chi connectivity index (χ1v) is 19.2. The van der Waals surface area contributed by atoms with Crippen LogP contribution >= 0.6 is 0 Å². The molecule has 1 saturated heterocycles. The molecule has 0 saturated carbocycles. The van der Waals surface area contributed by atoms with Gasteiger partial charge in [0.05, 0.1) is 13.2 Å². The number of amides is 3. The molecule has 1 heterocycles. The molecule has 55 heavy (non-hydrogen) atoms. The second-order valence-corrected chi connectivity index (χ2v) is 15.5. The van der Waals surface area contributed by atoms with Crippen molar-refractivity contribution in [1.82, 2.24) is 20.0 Å². The number of benzene rings is 4. The lowest BCUT2D eigenvalue weighted by molar-refractivity contribution is -0.137. The molecule has 0 bridgehead atoms. The summed E-state index contributed by atoms with van der Waals surface area (Å²) in [6.45, 7) is 6.50. The van der Waals surface area contributed by atoms with E-state index in [9.17, 15) is 19.2 Å². The summed E-state index contributed by atoms with van der Waals surface area (Å²) in [6.07, 6.45) is -0.0695. The van der Waals surface area contributed by atoms with E-state index in [4.69, 9.17) is 9.47 Å². The number of carbonyl (C=O) groups excluding carboxylic acids is 4. The number of hydrogen-bond donors (Lipinski definition) is 1. The Morgan fingerprint density at radius 2 is 1.38 bits per heavy atom. The van der Waals surface area contributed by atoms with Crippen LogP contribution in [0.5, 0.6) is 0 Å². The zero-order chi connectivity index (χ0) is 39.0. The predicted octanol–water partition coefficient (Wildman–Crippen LogP) is 7.43. The smallest absolute Gasteiger partial charge is 0.411 e. The average Bonchev–Trinajstić information content (AvgIpc) is 3.36. The summed E-state index contributed by atoms with van der Waals surface area (Å²) in [6, 6.07) is 35.6. The molecule has 1 atom stereocenters. The SMILES string of the molecule is CN1CCCC(C(=O)N(CCC(=O)CNC(=O)OC(C)(C)C)CC(c2ccccc2)c2ccccc2)N(C(=O)OCC2c3ccccc3-c3ccccc32)C1. The quantitative estimate of drug-likeness (QED) is 0.161. The van der Waals surface area contributed by atoms with Crippen molar-refractivity contribution < 1.29 is 28.7 Å². The molecular weight excluding hydrogens is 693 g/mol. The average molecular weight is 745 g/mol. The molecule has 0 spiro atoms. The van der Waals surface area contributed by atoms with E-state index in [1.54, 1.807) is 30.6 Å². The van der Waals surface area contributed by atoms with Crippen LogP contribution in [0.4, 0.5) is 9.59 Å². The molecule has 6 rings (SSSR count). The van der Waals surface area contributed by atoms with Crippen molar-refractivity contribution in [2.45, 2.75) is 63.5 Å². The summed E-state index contributed by atoms with van der Waals surface area (Å²) < 4.78 is 11.4. The van der Waals surface area contributed by atoms with Crippen molar-refractivity contribution in [3.05, 3.63) is 131 Å². The van der Waals surface area contributed by atoms with Gasteiger partial charge in [-0.3, -0.25) is 19.4 Å². The Bertz CT molecular complexity index is 1860. The molecule has 4 aromatic carbocycles. The number of ether oxygens (including phenoxy) is 2. The van der Waals surface area contributed by atoms with Crippen LogP contribution in [0.1, 0.15) is 74.1 Å². The summed E-state index contributed by atoms with van der Waals surface area (Å²) >= 11 is 0. The van der Waals surface area contributed by atoms with Gasteiger partial charge in [0.2, 0.25) is 5.91 Å². The number of hydrogen-bond acceptors (Lipinski definition) is 7. The van der Waals surface area contributed by atoms with Gasteiger partial charge in [0, 0.05) is 31.3 Å². The molecule has 288 valence electrons. The van der Waals surface area contributed by atoms with Crippen molar-refractivity contribution in [3.8, 4) is 11.1 Å². The Kier molecular flexibility index (Phi) is 12.7. The lowest BCUT2D eigenvalue weighted by Crippen LogP contribution is -2.53. The molecule has 0 aromatic heterocycles. The maximum absolute atomic E-state index is 15.0. The minimum atomic E-state index is -0.803. The summed E-state index contributed by atoms with van der Waals surface area (Å²) in [4.78, 5) is 59.9. The minimum Gasteiger partial charge on any atom is -0.448 e. The third-order valence-electron chi connectivity index (χ3n) is 10.3. The van der Waals surface area contributed by atoms with Gasteiger partial charge >= 0.3 is 12.2 Å². The number of nitrogens with one attached hydrogen (secondary N) is 1. The summed E-state index contributed by atoms with van der Waals surface area (Å²) in [5, 5.41) is 2.54. The van der Waals surface area contributed by atoms with Crippen LogP contribution in [-0.4, -0.2) is 96.7 Å². The van der Waals surface area contributed by atoms with Gasteiger partial charge in [-0.1, -0.05) is 109 Å². The zero-order valence-corrected chi connectivity index (χ0v) is 32.3. The lowest BCUT2D eigenvalue weighted by Gasteiger charge is -2.36. The Balaban J connectivity index is 1.24. The number of nitrogens with zero attached hydrogens (tertiary/aromatic N) is 3.